The maximum atomic E-state index is 10.9. The molecule has 0 amide bonds. The van der Waals surface area contributed by atoms with Gasteiger partial charge in [-0.3, -0.25) is 15.0 Å². The van der Waals surface area contributed by atoms with Crippen LogP contribution < -0.4 is 4.90 Å². The van der Waals surface area contributed by atoms with Crippen LogP contribution in [-0.4, -0.2) is 48.8 Å². The van der Waals surface area contributed by atoms with E-state index in [2.05, 4.69) is 4.90 Å². The minimum Gasteiger partial charge on any atom is -0.368 e. The van der Waals surface area contributed by atoms with Gasteiger partial charge in [-0.25, -0.2) is 0 Å². The van der Waals surface area contributed by atoms with Gasteiger partial charge in [-0.1, -0.05) is 0 Å². The summed E-state index contributed by atoms with van der Waals surface area (Å²) in [6, 6.07) is 6.32. The molecule has 6 heteroatoms. The molecule has 0 aliphatic carbocycles. The third kappa shape index (κ3) is 2.48. The Labute approximate surface area is 105 Å². The Balaban J connectivity index is 2.12. The molecular formula is C12H15N3O3. The monoisotopic (exact) mass is 249 g/mol. The van der Waals surface area contributed by atoms with Gasteiger partial charge in [0.15, 0.2) is 0 Å². The zero-order chi connectivity index (χ0) is 13.1. The normalized spacial score (nSPS) is 20.7. The number of rotatable bonds is 3. The van der Waals surface area contributed by atoms with Gasteiger partial charge in [-0.15, -0.1) is 0 Å². The van der Waals surface area contributed by atoms with Gasteiger partial charge in [0, 0.05) is 37.5 Å². The highest BCUT2D eigenvalue weighted by Gasteiger charge is 2.24. The Morgan fingerprint density at radius 2 is 2.00 bits per heavy atom. The maximum absolute atomic E-state index is 10.9. The molecule has 1 atom stereocenters. The van der Waals surface area contributed by atoms with Crippen molar-refractivity contribution in [3.63, 3.8) is 0 Å². The summed E-state index contributed by atoms with van der Waals surface area (Å²) in [7, 11) is 1.92. The summed E-state index contributed by atoms with van der Waals surface area (Å²) in [6.45, 7) is 2.25. The van der Waals surface area contributed by atoms with Crippen molar-refractivity contribution in [1.29, 1.82) is 0 Å². The van der Waals surface area contributed by atoms with Crippen LogP contribution in [0.25, 0.3) is 0 Å². The van der Waals surface area contributed by atoms with Crippen LogP contribution in [0.1, 0.15) is 0 Å². The first-order valence-corrected chi connectivity index (χ1v) is 5.77. The summed E-state index contributed by atoms with van der Waals surface area (Å²) in [5.74, 6) is 0. The highest BCUT2D eigenvalue weighted by atomic mass is 16.6. The number of anilines is 1. The second-order valence-corrected chi connectivity index (χ2v) is 4.40. The third-order valence-electron chi connectivity index (χ3n) is 3.28. The van der Waals surface area contributed by atoms with Crippen LogP contribution in [0.5, 0.6) is 0 Å². The topological polar surface area (TPSA) is 66.7 Å². The zero-order valence-corrected chi connectivity index (χ0v) is 10.2. The van der Waals surface area contributed by atoms with Gasteiger partial charge in [0.2, 0.25) is 0 Å². The van der Waals surface area contributed by atoms with Gasteiger partial charge >= 0.3 is 0 Å². The lowest BCUT2D eigenvalue weighted by Gasteiger charge is -2.38. The Hall–Kier alpha value is -1.95. The molecule has 18 heavy (non-hydrogen) atoms. The third-order valence-corrected chi connectivity index (χ3v) is 3.28. The van der Waals surface area contributed by atoms with E-state index in [1.54, 1.807) is 12.1 Å². The van der Waals surface area contributed by atoms with Crippen LogP contribution in [-0.2, 0) is 4.79 Å². The van der Waals surface area contributed by atoms with Gasteiger partial charge in [-0.05, 0) is 19.2 Å². The lowest BCUT2D eigenvalue weighted by molar-refractivity contribution is -0.384. The van der Waals surface area contributed by atoms with Crippen LogP contribution >= 0.6 is 0 Å². The van der Waals surface area contributed by atoms with Gasteiger partial charge in [0.05, 0.1) is 11.0 Å². The van der Waals surface area contributed by atoms with E-state index in [0.29, 0.717) is 6.54 Å². The number of nitrogens with zero attached hydrogens (tertiary/aromatic N) is 3. The number of carbonyl (C=O) groups excluding carboxylic acids is 1. The van der Waals surface area contributed by atoms with E-state index in [1.165, 1.54) is 12.1 Å². The fourth-order valence-electron chi connectivity index (χ4n) is 2.07. The lowest BCUT2D eigenvalue weighted by Crippen LogP contribution is -2.52. The van der Waals surface area contributed by atoms with Crippen LogP contribution in [0.2, 0.25) is 0 Å². The number of aldehydes is 1. The molecule has 1 aromatic carbocycles. The summed E-state index contributed by atoms with van der Waals surface area (Å²) >= 11 is 0. The molecule has 96 valence electrons. The predicted octanol–water partition coefficient (Wildman–Crippen LogP) is 0.914. The van der Waals surface area contributed by atoms with Crippen molar-refractivity contribution in [2.75, 3.05) is 31.6 Å². The van der Waals surface area contributed by atoms with Gasteiger partial charge in [0.1, 0.15) is 6.29 Å². The molecule has 0 radical (unpaired) electrons. The minimum atomic E-state index is -0.415. The molecule has 1 unspecified atom stereocenters. The number of benzene rings is 1. The van der Waals surface area contributed by atoms with Gasteiger partial charge in [-0.2, -0.15) is 0 Å². The van der Waals surface area contributed by atoms with Gasteiger partial charge in [0.25, 0.3) is 5.69 Å². The van der Waals surface area contributed by atoms with E-state index in [1.807, 2.05) is 11.9 Å². The molecule has 0 saturated carbocycles. The number of nitro benzene ring substituents is 1. The second-order valence-electron chi connectivity index (χ2n) is 4.40. The summed E-state index contributed by atoms with van der Waals surface area (Å²) in [5, 5.41) is 10.6. The fourth-order valence-corrected chi connectivity index (χ4v) is 2.07. The van der Waals surface area contributed by atoms with E-state index < -0.39 is 4.92 Å². The average Bonchev–Trinajstić information content (AvgIpc) is 2.39. The Kier molecular flexibility index (Phi) is 3.57. The van der Waals surface area contributed by atoms with Crippen LogP contribution in [0, 0.1) is 10.1 Å². The molecule has 1 fully saturated rings. The molecule has 0 bridgehead atoms. The molecule has 1 saturated heterocycles. The zero-order valence-electron chi connectivity index (χ0n) is 10.2. The van der Waals surface area contributed by atoms with Crippen molar-refractivity contribution in [3.8, 4) is 0 Å². The van der Waals surface area contributed by atoms with Crippen molar-refractivity contribution in [1.82, 2.24) is 4.90 Å². The molecule has 0 N–H and O–H groups in total. The van der Waals surface area contributed by atoms with E-state index in [4.69, 9.17) is 0 Å². The van der Waals surface area contributed by atoms with Crippen molar-refractivity contribution in [3.05, 3.63) is 34.4 Å². The summed E-state index contributed by atoms with van der Waals surface area (Å²) in [4.78, 5) is 25.2. The quantitative estimate of drug-likeness (QED) is 0.452. The fraction of sp³-hybridized carbons (Fsp3) is 0.417. The SMILES string of the molecule is CN1CCN(c2ccc([N+](=O)[O-])cc2)CC1C=O. The van der Waals surface area contributed by atoms with E-state index in [9.17, 15) is 14.9 Å². The number of carbonyl (C=O) groups is 1. The first kappa shape index (κ1) is 12.5. The molecule has 1 aliphatic rings. The van der Waals surface area contributed by atoms with Crippen molar-refractivity contribution >= 4 is 17.7 Å². The highest BCUT2D eigenvalue weighted by molar-refractivity contribution is 5.61. The molecule has 2 rings (SSSR count). The van der Waals surface area contributed by atoms with Crippen LogP contribution in [0.3, 0.4) is 0 Å². The standard InChI is InChI=1S/C12H15N3O3/c1-13-6-7-14(8-12(13)9-16)10-2-4-11(5-3-10)15(17)18/h2-5,9,12H,6-8H2,1H3. The smallest absolute Gasteiger partial charge is 0.269 e. The predicted molar refractivity (Wildman–Crippen MR) is 67.8 cm³/mol. The molecule has 1 heterocycles. The maximum Gasteiger partial charge on any atom is 0.269 e. The number of non-ortho nitro benzene ring substituents is 1. The number of nitro groups is 1. The van der Waals surface area contributed by atoms with E-state index in [-0.39, 0.29) is 11.7 Å². The van der Waals surface area contributed by atoms with E-state index in [0.717, 1.165) is 25.1 Å². The lowest BCUT2D eigenvalue weighted by atomic mass is 10.1. The first-order valence-electron chi connectivity index (χ1n) is 5.77. The summed E-state index contributed by atoms with van der Waals surface area (Å²) < 4.78 is 0. The summed E-state index contributed by atoms with van der Waals surface area (Å²) in [5.41, 5.74) is 1.00. The molecule has 1 aromatic rings. The number of likely N-dealkylation sites (N-methyl/N-ethyl adjacent to an activating group) is 1. The minimum absolute atomic E-state index is 0.0832. The van der Waals surface area contributed by atoms with Gasteiger partial charge < -0.3 is 9.69 Å². The molecule has 0 spiro atoms. The van der Waals surface area contributed by atoms with Crippen molar-refractivity contribution < 1.29 is 9.72 Å². The van der Waals surface area contributed by atoms with Crippen LogP contribution in [0.15, 0.2) is 24.3 Å². The van der Waals surface area contributed by atoms with Crippen molar-refractivity contribution in [2.45, 2.75) is 6.04 Å². The molecule has 0 aromatic heterocycles. The van der Waals surface area contributed by atoms with Crippen LogP contribution in [0.4, 0.5) is 11.4 Å². The largest absolute Gasteiger partial charge is 0.368 e. The Bertz CT molecular complexity index is 446. The molecular weight excluding hydrogens is 234 g/mol. The Morgan fingerprint density at radius 3 is 2.56 bits per heavy atom. The van der Waals surface area contributed by atoms with E-state index >= 15 is 0 Å². The van der Waals surface area contributed by atoms with Crippen molar-refractivity contribution in [2.24, 2.45) is 0 Å². The molecule has 6 nitrogen and oxygen atoms in total. The second kappa shape index (κ2) is 5.14. The molecule has 1 aliphatic heterocycles. The average molecular weight is 249 g/mol. The number of hydrogen-bond acceptors (Lipinski definition) is 5. The Morgan fingerprint density at radius 1 is 1.33 bits per heavy atom. The number of piperazine rings is 1. The highest BCUT2D eigenvalue weighted by Crippen LogP contribution is 2.21. The first-order chi connectivity index (χ1) is 8.61. The number of hydrogen-bond donors (Lipinski definition) is 0. The summed E-state index contributed by atoms with van der Waals surface area (Å²) in [6.07, 6.45) is 0.942.